The fourth-order valence-electron chi connectivity index (χ4n) is 2.04. The van der Waals surface area contributed by atoms with Crippen LogP contribution in [0.5, 0.6) is 0 Å². The van der Waals surface area contributed by atoms with E-state index >= 15 is 0 Å². The first-order valence-corrected chi connectivity index (χ1v) is 5.60. The van der Waals surface area contributed by atoms with Crippen LogP contribution in [-0.4, -0.2) is 6.21 Å². The molecule has 0 aliphatic heterocycles. The van der Waals surface area contributed by atoms with Gasteiger partial charge in [0.05, 0.1) is 5.54 Å². The Morgan fingerprint density at radius 3 is 2.24 bits per heavy atom. The summed E-state index contributed by atoms with van der Waals surface area (Å²) in [4.78, 5) is 0. The van der Waals surface area contributed by atoms with Crippen LogP contribution >= 0.6 is 0 Å². The molecule has 1 atom stereocenters. The Kier molecular flexibility index (Phi) is 3.07. The zero-order valence-corrected chi connectivity index (χ0v) is 9.85. The fraction of sp³-hybridized carbons (Fsp3) is 0.133. The van der Waals surface area contributed by atoms with Gasteiger partial charge in [0.25, 0.3) is 0 Å². The van der Waals surface area contributed by atoms with Crippen LogP contribution in [0.2, 0.25) is 0 Å². The molecule has 0 radical (unpaired) electrons. The second-order valence-corrected chi connectivity index (χ2v) is 4.30. The van der Waals surface area contributed by atoms with Gasteiger partial charge >= 0.3 is 0 Å². The summed E-state index contributed by atoms with van der Waals surface area (Å²) < 4.78 is 0. The van der Waals surface area contributed by atoms with Crippen molar-refractivity contribution in [2.24, 2.45) is 5.73 Å². The average Bonchev–Trinajstić information content (AvgIpc) is 2.39. The normalized spacial score (nSPS) is 14.0. The Labute approximate surface area is 102 Å². The highest BCUT2D eigenvalue weighted by molar-refractivity contribution is 5.80. The van der Waals surface area contributed by atoms with E-state index in [2.05, 4.69) is 0 Å². The quantitative estimate of drug-likeness (QED) is 0.774. The van der Waals surface area contributed by atoms with Crippen LogP contribution in [0.3, 0.4) is 0 Å². The predicted molar refractivity (Wildman–Crippen MR) is 71.4 cm³/mol. The van der Waals surface area contributed by atoms with Gasteiger partial charge in [-0.3, -0.25) is 0 Å². The Morgan fingerprint density at radius 2 is 1.59 bits per heavy atom. The zero-order valence-electron chi connectivity index (χ0n) is 9.85. The first kappa shape index (κ1) is 11.6. The maximum Gasteiger partial charge on any atom is 0.0643 e. The van der Waals surface area contributed by atoms with Gasteiger partial charge in [-0.15, -0.1) is 0 Å². The van der Waals surface area contributed by atoms with Gasteiger partial charge in [-0.25, -0.2) is 0 Å². The predicted octanol–water partition coefficient (Wildman–Crippen LogP) is 2.91. The first-order chi connectivity index (χ1) is 8.16. The van der Waals surface area contributed by atoms with E-state index in [1.807, 2.05) is 61.5 Å². The maximum absolute atomic E-state index is 7.45. The number of hydrogen-bond acceptors (Lipinski definition) is 2. The third kappa shape index (κ3) is 2.12. The number of benzene rings is 2. The Balaban J connectivity index is 2.55. The number of nitrogens with two attached hydrogens (primary N) is 1. The number of rotatable bonds is 3. The van der Waals surface area contributed by atoms with E-state index in [1.54, 1.807) is 0 Å². The third-order valence-corrected chi connectivity index (χ3v) is 3.05. The third-order valence-electron chi connectivity index (χ3n) is 3.05. The molecule has 0 fully saturated rings. The van der Waals surface area contributed by atoms with Crippen LogP contribution in [0.4, 0.5) is 0 Å². The SMILES string of the molecule is CC(N)(c1ccccc1)c1ccccc1C=N. The van der Waals surface area contributed by atoms with Crippen molar-refractivity contribution in [2.75, 3.05) is 0 Å². The molecule has 0 bridgehead atoms. The van der Waals surface area contributed by atoms with Crippen molar-refractivity contribution in [3.63, 3.8) is 0 Å². The Morgan fingerprint density at radius 1 is 1.00 bits per heavy atom. The summed E-state index contributed by atoms with van der Waals surface area (Å²) in [7, 11) is 0. The minimum Gasteiger partial charge on any atom is -0.318 e. The average molecular weight is 224 g/mol. The minimum atomic E-state index is -0.574. The van der Waals surface area contributed by atoms with Crippen LogP contribution in [0, 0.1) is 5.41 Å². The summed E-state index contributed by atoms with van der Waals surface area (Å²) >= 11 is 0. The minimum absolute atomic E-state index is 0.574. The standard InChI is InChI=1S/C15H16N2/c1-15(17,13-8-3-2-4-9-13)14-10-6-5-7-12(14)11-16/h2-11,16H,17H2,1H3. The Bertz CT molecular complexity index is 515. The van der Waals surface area contributed by atoms with Gasteiger partial charge in [-0.1, -0.05) is 54.6 Å². The van der Waals surface area contributed by atoms with Gasteiger partial charge in [0.1, 0.15) is 0 Å². The summed E-state index contributed by atoms with van der Waals surface area (Å²) in [5, 5.41) is 7.45. The van der Waals surface area contributed by atoms with Gasteiger partial charge in [0.15, 0.2) is 0 Å². The zero-order chi connectivity index (χ0) is 12.3. The molecular weight excluding hydrogens is 208 g/mol. The van der Waals surface area contributed by atoms with Crippen LogP contribution in [0.1, 0.15) is 23.6 Å². The summed E-state index contributed by atoms with van der Waals surface area (Å²) in [6, 6.07) is 17.7. The molecule has 2 rings (SSSR count). The molecule has 2 heteroatoms. The van der Waals surface area contributed by atoms with Crippen molar-refractivity contribution in [3.05, 3.63) is 71.3 Å². The van der Waals surface area contributed by atoms with E-state index in [0.717, 1.165) is 16.7 Å². The molecule has 2 aromatic carbocycles. The topological polar surface area (TPSA) is 49.9 Å². The molecular formula is C15H16N2. The molecule has 0 amide bonds. The van der Waals surface area contributed by atoms with E-state index in [1.165, 1.54) is 6.21 Å². The lowest BCUT2D eigenvalue weighted by molar-refractivity contribution is 0.602. The molecule has 0 aliphatic rings. The summed E-state index contributed by atoms with van der Waals surface area (Å²) in [5.41, 5.74) is 8.74. The van der Waals surface area contributed by atoms with E-state index in [9.17, 15) is 0 Å². The highest BCUT2D eigenvalue weighted by Gasteiger charge is 2.25. The van der Waals surface area contributed by atoms with Crippen molar-refractivity contribution in [3.8, 4) is 0 Å². The molecule has 0 saturated carbocycles. The molecule has 0 heterocycles. The summed E-state index contributed by atoms with van der Waals surface area (Å²) in [6.45, 7) is 1.98. The highest BCUT2D eigenvalue weighted by atomic mass is 14.7. The monoisotopic (exact) mass is 224 g/mol. The van der Waals surface area contributed by atoms with Gasteiger partial charge in [-0.2, -0.15) is 0 Å². The molecule has 86 valence electrons. The molecule has 0 aromatic heterocycles. The Hall–Kier alpha value is -1.93. The van der Waals surface area contributed by atoms with Crippen LogP contribution in [-0.2, 0) is 5.54 Å². The molecule has 1 unspecified atom stereocenters. The van der Waals surface area contributed by atoms with Crippen molar-refractivity contribution >= 4 is 6.21 Å². The highest BCUT2D eigenvalue weighted by Crippen LogP contribution is 2.28. The maximum atomic E-state index is 7.45. The van der Waals surface area contributed by atoms with E-state index < -0.39 is 5.54 Å². The lowest BCUT2D eigenvalue weighted by Gasteiger charge is -2.27. The van der Waals surface area contributed by atoms with Gasteiger partial charge in [0.2, 0.25) is 0 Å². The molecule has 0 saturated heterocycles. The largest absolute Gasteiger partial charge is 0.318 e. The molecule has 17 heavy (non-hydrogen) atoms. The molecule has 3 N–H and O–H groups in total. The lowest BCUT2D eigenvalue weighted by Crippen LogP contribution is -2.35. The van der Waals surface area contributed by atoms with Crippen molar-refractivity contribution in [2.45, 2.75) is 12.5 Å². The van der Waals surface area contributed by atoms with Crippen LogP contribution < -0.4 is 5.73 Å². The fourth-order valence-corrected chi connectivity index (χ4v) is 2.04. The first-order valence-electron chi connectivity index (χ1n) is 5.60. The van der Waals surface area contributed by atoms with E-state index in [4.69, 9.17) is 11.1 Å². The van der Waals surface area contributed by atoms with Crippen molar-refractivity contribution < 1.29 is 0 Å². The smallest absolute Gasteiger partial charge is 0.0643 e. The van der Waals surface area contributed by atoms with Crippen LogP contribution in [0.15, 0.2) is 54.6 Å². The van der Waals surface area contributed by atoms with Crippen molar-refractivity contribution in [1.82, 2.24) is 0 Å². The number of nitrogens with one attached hydrogen (secondary N) is 1. The number of hydrogen-bond donors (Lipinski definition) is 2. The van der Waals surface area contributed by atoms with Gasteiger partial charge in [0, 0.05) is 6.21 Å². The second-order valence-electron chi connectivity index (χ2n) is 4.30. The summed E-state index contributed by atoms with van der Waals surface area (Å²) in [5.74, 6) is 0. The summed E-state index contributed by atoms with van der Waals surface area (Å²) in [6.07, 6.45) is 1.35. The molecule has 0 aliphatic carbocycles. The van der Waals surface area contributed by atoms with E-state index in [-0.39, 0.29) is 0 Å². The van der Waals surface area contributed by atoms with Crippen LogP contribution in [0.25, 0.3) is 0 Å². The lowest BCUT2D eigenvalue weighted by atomic mass is 9.83. The second kappa shape index (κ2) is 4.52. The molecule has 2 aromatic rings. The van der Waals surface area contributed by atoms with Gasteiger partial charge < -0.3 is 11.1 Å². The van der Waals surface area contributed by atoms with Crippen molar-refractivity contribution in [1.29, 1.82) is 5.41 Å². The van der Waals surface area contributed by atoms with Gasteiger partial charge in [-0.05, 0) is 23.6 Å². The molecule has 2 nitrogen and oxygen atoms in total. The van der Waals surface area contributed by atoms with E-state index in [0.29, 0.717) is 0 Å². The molecule has 0 spiro atoms.